The highest BCUT2D eigenvalue weighted by Gasteiger charge is 2.13. The fourth-order valence-electron chi connectivity index (χ4n) is 1.76. The smallest absolute Gasteiger partial charge is 0.151 e. The lowest BCUT2D eigenvalue weighted by atomic mass is 10.1. The number of nitrogens with one attached hydrogen (secondary N) is 1. The standard InChI is InChI=1S/C13H15BrFNO/c1-8(2)5-16-6-9-7-17-13-10(14)3-4-11(15)12(9)13/h3-4,7-8,16H,5-6H2,1-2H3. The van der Waals surface area contributed by atoms with Gasteiger partial charge in [-0.2, -0.15) is 0 Å². The highest BCUT2D eigenvalue weighted by molar-refractivity contribution is 9.10. The maximum atomic E-state index is 13.7. The fourth-order valence-corrected chi connectivity index (χ4v) is 2.19. The van der Waals surface area contributed by atoms with E-state index in [1.165, 1.54) is 6.07 Å². The average Bonchev–Trinajstić information content (AvgIpc) is 2.68. The van der Waals surface area contributed by atoms with E-state index in [1.807, 2.05) is 0 Å². The quantitative estimate of drug-likeness (QED) is 0.920. The second-order valence-electron chi connectivity index (χ2n) is 4.52. The molecule has 17 heavy (non-hydrogen) atoms. The summed E-state index contributed by atoms with van der Waals surface area (Å²) in [5.74, 6) is 0.336. The molecule has 2 rings (SSSR count). The van der Waals surface area contributed by atoms with Crippen molar-refractivity contribution < 1.29 is 8.81 Å². The van der Waals surface area contributed by atoms with Crippen LogP contribution in [0.3, 0.4) is 0 Å². The molecular weight excluding hydrogens is 285 g/mol. The van der Waals surface area contributed by atoms with Gasteiger partial charge < -0.3 is 9.73 Å². The molecule has 0 aliphatic heterocycles. The molecule has 1 aromatic heterocycles. The molecule has 0 fully saturated rings. The number of rotatable bonds is 4. The van der Waals surface area contributed by atoms with E-state index in [0.29, 0.717) is 23.4 Å². The van der Waals surface area contributed by atoms with E-state index < -0.39 is 0 Å². The molecular formula is C13H15BrFNO. The van der Waals surface area contributed by atoms with Crippen molar-refractivity contribution in [2.24, 2.45) is 5.92 Å². The van der Waals surface area contributed by atoms with Crippen LogP contribution in [0.5, 0.6) is 0 Å². The first-order valence-electron chi connectivity index (χ1n) is 5.64. The number of benzene rings is 1. The summed E-state index contributed by atoms with van der Waals surface area (Å²) in [4.78, 5) is 0. The van der Waals surface area contributed by atoms with Crippen LogP contribution in [-0.4, -0.2) is 6.54 Å². The monoisotopic (exact) mass is 299 g/mol. The van der Waals surface area contributed by atoms with E-state index in [1.54, 1.807) is 12.3 Å². The first kappa shape index (κ1) is 12.6. The molecule has 0 atom stereocenters. The Bertz CT molecular complexity index is 521. The molecule has 92 valence electrons. The Labute approximate surface area is 108 Å². The van der Waals surface area contributed by atoms with Crippen molar-refractivity contribution in [3.8, 4) is 0 Å². The Balaban J connectivity index is 2.26. The van der Waals surface area contributed by atoms with Crippen molar-refractivity contribution >= 4 is 26.9 Å². The minimum Gasteiger partial charge on any atom is -0.463 e. The van der Waals surface area contributed by atoms with Gasteiger partial charge in [0.15, 0.2) is 5.58 Å². The fraction of sp³-hybridized carbons (Fsp3) is 0.385. The SMILES string of the molecule is CC(C)CNCc1coc2c(Br)ccc(F)c12. The lowest BCUT2D eigenvalue weighted by Crippen LogP contribution is -2.18. The second kappa shape index (κ2) is 5.19. The van der Waals surface area contributed by atoms with Crippen molar-refractivity contribution in [2.75, 3.05) is 6.54 Å². The largest absolute Gasteiger partial charge is 0.463 e. The topological polar surface area (TPSA) is 25.2 Å². The van der Waals surface area contributed by atoms with Gasteiger partial charge in [-0.1, -0.05) is 13.8 Å². The molecule has 1 aromatic carbocycles. The van der Waals surface area contributed by atoms with Gasteiger partial charge in [0.05, 0.1) is 16.1 Å². The van der Waals surface area contributed by atoms with Gasteiger partial charge in [0.25, 0.3) is 0 Å². The normalized spacial score (nSPS) is 11.6. The third-order valence-electron chi connectivity index (χ3n) is 2.57. The molecule has 0 saturated carbocycles. The molecule has 0 spiro atoms. The van der Waals surface area contributed by atoms with Crippen molar-refractivity contribution in [1.82, 2.24) is 5.32 Å². The summed E-state index contributed by atoms with van der Waals surface area (Å²) < 4.78 is 19.9. The number of fused-ring (bicyclic) bond motifs is 1. The van der Waals surface area contributed by atoms with Crippen LogP contribution in [0, 0.1) is 11.7 Å². The molecule has 0 amide bonds. The van der Waals surface area contributed by atoms with Gasteiger partial charge in [0.2, 0.25) is 0 Å². The highest BCUT2D eigenvalue weighted by Crippen LogP contribution is 2.30. The van der Waals surface area contributed by atoms with Crippen LogP contribution in [0.25, 0.3) is 11.0 Å². The molecule has 2 aromatic rings. The molecule has 0 saturated heterocycles. The predicted octanol–water partition coefficient (Wildman–Crippen LogP) is 4.08. The molecule has 4 heteroatoms. The first-order valence-corrected chi connectivity index (χ1v) is 6.43. The summed E-state index contributed by atoms with van der Waals surface area (Å²) in [6, 6.07) is 3.11. The Morgan fingerprint density at radius 1 is 1.41 bits per heavy atom. The Kier molecular flexibility index (Phi) is 3.84. The molecule has 0 aliphatic rings. The van der Waals surface area contributed by atoms with E-state index in [0.717, 1.165) is 16.6 Å². The van der Waals surface area contributed by atoms with E-state index in [2.05, 4.69) is 35.1 Å². The maximum absolute atomic E-state index is 13.7. The molecule has 0 aliphatic carbocycles. The molecule has 0 unspecified atom stereocenters. The molecule has 0 bridgehead atoms. The van der Waals surface area contributed by atoms with Gasteiger partial charge in [-0.15, -0.1) is 0 Å². The van der Waals surface area contributed by atoms with Crippen molar-refractivity contribution in [3.05, 3.63) is 34.2 Å². The summed E-state index contributed by atoms with van der Waals surface area (Å²) in [6.45, 7) is 5.80. The van der Waals surface area contributed by atoms with Crippen LogP contribution in [0.15, 0.2) is 27.3 Å². The lowest BCUT2D eigenvalue weighted by Gasteiger charge is -2.06. The third kappa shape index (κ3) is 2.69. The summed E-state index contributed by atoms with van der Waals surface area (Å²) in [5.41, 5.74) is 1.44. The van der Waals surface area contributed by atoms with Gasteiger partial charge >= 0.3 is 0 Å². The number of hydrogen-bond acceptors (Lipinski definition) is 2. The van der Waals surface area contributed by atoms with Crippen molar-refractivity contribution in [1.29, 1.82) is 0 Å². The van der Waals surface area contributed by atoms with Crippen LogP contribution in [0.4, 0.5) is 4.39 Å². The van der Waals surface area contributed by atoms with E-state index in [-0.39, 0.29) is 5.82 Å². The zero-order valence-electron chi connectivity index (χ0n) is 9.89. The minimum atomic E-state index is -0.238. The number of hydrogen-bond donors (Lipinski definition) is 1. The highest BCUT2D eigenvalue weighted by atomic mass is 79.9. The van der Waals surface area contributed by atoms with Crippen LogP contribution >= 0.6 is 15.9 Å². The van der Waals surface area contributed by atoms with Crippen LogP contribution in [0.2, 0.25) is 0 Å². The van der Waals surface area contributed by atoms with Gasteiger partial charge in [0, 0.05) is 12.1 Å². The second-order valence-corrected chi connectivity index (χ2v) is 5.37. The minimum absolute atomic E-state index is 0.238. The molecule has 0 radical (unpaired) electrons. The first-order chi connectivity index (χ1) is 8.09. The van der Waals surface area contributed by atoms with E-state index >= 15 is 0 Å². The van der Waals surface area contributed by atoms with Crippen LogP contribution in [0.1, 0.15) is 19.4 Å². The van der Waals surface area contributed by atoms with Crippen molar-refractivity contribution in [2.45, 2.75) is 20.4 Å². The molecule has 2 nitrogen and oxygen atoms in total. The van der Waals surface area contributed by atoms with Crippen molar-refractivity contribution in [3.63, 3.8) is 0 Å². The van der Waals surface area contributed by atoms with Gasteiger partial charge in [-0.25, -0.2) is 4.39 Å². The summed E-state index contributed by atoms with van der Waals surface area (Å²) in [6.07, 6.45) is 1.62. The maximum Gasteiger partial charge on any atom is 0.151 e. The Hall–Kier alpha value is -0.870. The summed E-state index contributed by atoms with van der Waals surface area (Å²) in [5, 5.41) is 3.85. The van der Waals surface area contributed by atoms with E-state index in [9.17, 15) is 4.39 Å². The summed E-state index contributed by atoms with van der Waals surface area (Å²) >= 11 is 3.35. The zero-order chi connectivity index (χ0) is 12.4. The Morgan fingerprint density at radius 3 is 2.88 bits per heavy atom. The number of furan rings is 1. The Morgan fingerprint density at radius 2 is 2.18 bits per heavy atom. The van der Waals surface area contributed by atoms with Gasteiger partial charge in [0.1, 0.15) is 5.82 Å². The number of halogens is 2. The average molecular weight is 300 g/mol. The lowest BCUT2D eigenvalue weighted by molar-refractivity contribution is 0.546. The third-order valence-corrected chi connectivity index (χ3v) is 3.19. The van der Waals surface area contributed by atoms with Crippen LogP contribution < -0.4 is 5.32 Å². The van der Waals surface area contributed by atoms with E-state index in [4.69, 9.17) is 4.42 Å². The molecule has 1 heterocycles. The zero-order valence-corrected chi connectivity index (χ0v) is 11.5. The van der Waals surface area contributed by atoms with Gasteiger partial charge in [-0.3, -0.25) is 0 Å². The molecule has 1 N–H and O–H groups in total. The van der Waals surface area contributed by atoms with Crippen LogP contribution in [-0.2, 0) is 6.54 Å². The summed E-state index contributed by atoms with van der Waals surface area (Å²) in [7, 11) is 0. The predicted molar refractivity (Wildman–Crippen MR) is 70.4 cm³/mol. The van der Waals surface area contributed by atoms with Gasteiger partial charge in [-0.05, 0) is 40.5 Å².